The van der Waals surface area contributed by atoms with Crippen LogP contribution in [0.3, 0.4) is 0 Å². The highest BCUT2D eigenvalue weighted by atomic mass is 16.3. The van der Waals surface area contributed by atoms with Crippen LogP contribution in [0.1, 0.15) is 48.6 Å². The van der Waals surface area contributed by atoms with Gasteiger partial charge in [0.2, 0.25) is 11.8 Å². The summed E-state index contributed by atoms with van der Waals surface area (Å²) in [4.78, 5) is 30.1. The van der Waals surface area contributed by atoms with E-state index in [2.05, 4.69) is 30.2 Å². The van der Waals surface area contributed by atoms with Crippen LogP contribution >= 0.6 is 0 Å². The fourth-order valence-corrected chi connectivity index (χ4v) is 3.82. The Morgan fingerprint density at radius 2 is 2.10 bits per heavy atom. The Balaban J connectivity index is 1.49. The van der Waals surface area contributed by atoms with Crippen LogP contribution in [0.15, 0.2) is 47.0 Å². The lowest BCUT2D eigenvalue weighted by atomic mass is 9.99. The molecule has 6 nitrogen and oxygen atoms in total. The van der Waals surface area contributed by atoms with E-state index in [9.17, 15) is 9.59 Å². The summed E-state index contributed by atoms with van der Waals surface area (Å²) >= 11 is 0. The van der Waals surface area contributed by atoms with Crippen molar-refractivity contribution in [1.29, 1.82) is 0 Å². The molecule has 6 heteroatoms. The molecule has 30 heavy (non-hydrogen) atoms. The van der Waals surface area contributed by atoms with E-state index < -0.39 is 0 Å². The maximum absolute atomic E-state index is 12.7. The molecule has 1 aliphatic rings. The summed E-state index contributed by atoms with van der Waals surface area (Å²) in [6.45, 7) is 4.67. The quantitative estimate of drug-likeness (QED) is 0.636. The summed E-state index contributed by atoms with van der Waals surface area (Å²) in [5.41, 5.74) is 3.81. The second-order valence-electron chi connectivity index (χ2n) is 7.94. The Kier molecular flexibility index (Phi) is 5.40. The van der Waals surface area contributed by atoms with Gasteiger partial charge in [-0.2, -0.15) is 0 Å². The molecule has 154 valence electrons. The van der Waals surface area contributed by atoms with Crippen molar-refractivity contribution in [2.75, 3.05) is 12.4 Å². The first-order chi connectivity index (χ1) is 14.4. The number of carbonyl (C=O) groups excluding carboxylic acids is 2. The Morgan fingerprint density at radius 3 is 2.90 bits per heavy atom. The number of carbonyl (C=O) groups is 2. The number of rotatable bonds is 5. The molecule has 1 N–H and O–H groups in total. The highest BCUT2D eigenvalue weighted by Crippen LogP contribution is 2.32. The predicted octanol–water partition coefficient (Wildman–Crippen LogP) is 4.51. The van der Waals surface area contributed by atoms with Gasteiger partial charge in [0.15, 0.2) is 0 Å². The predicted molar refractivity (Wildman–Crippen MR) is 117 cm³/mol. The fourth-order valence-electron chi connectivity index (χ4n) is 3.82. The highest BCUT2D eigenvalue weighted by molar-refractivity contribution is 5.94. The number of likely N-dealkylation sites (N-methyl/N-ethyl adjacent to an activating group) is 1. The summed E-state index contributed by atoms with van der Waals surface area (Å²) in [6.07, 6.45) is 6.07. The molecule has 0 atom stereocenters. The lowest BCUT2D eigenvalue weighted by Crippen LogP contribution is -2.24. The number of nitrogens with zero attached hydrogens (tertiary/aromatic N) is 2. The van der Waals surface area contributed by atoms with Crippen molar-refractivity contribution >= 4 is 34.7 Å². The molecule has 0 radical (unpaired) electrons. The lowest BCUT2D eigenvalue weighted by molar-refractivity contribution is -0.125. The second kappa shape index (κ2) is 8.14. The number of benzene rings is 1. The van der Waals surface area contributed by atoms with Gasteiger partial charge in [-0.1, -0.05) is 32.0 Å². The highest BCUT2D eigenvalue weighted by Gasteiger charge is 2.19. The monoisotopic (exact) mass is 403 g/mol. The molecule has 1 aliphatic heterocycles. The average Bonchev–Trinajstić information content (AvgIpc) is 3.09. The summed E-state index contributed by atoms with van der Waals surface area (Å²) < 4.78 is 6.05. The summed E-state index contributed by atoms with van der Waals surface area (Å²) in [5.74, 6) is 1.60. The number of anilines is 1. The molecule has 3 heterocycles. The minimum absolute atomic E-state index is 0.0125. The number of pyridine rings is 1. The molecule has 0 aliphatic carbocycles. The second-order valence-corrected chi connectivity index (χ2v) is 7.94. The van der Waals surface area contributed by atoms with E-state index in [1.54, 1.807) is 30.3 Å². The van der Waals surface area contributed by atoms with Crippen LogP contribution in [-0.4, -0.2) is 28.7 Å². The summed E-state index contributed by atoms with van der Waals surface area (Å²) in [5, 5.41) is 3.87. The van der Waals surface area contributed by atoms with Gasteiger partial charge in [0.05, 0.1) is 6.54 Å². The molecule has 2 amide bonds. The Morgan fingerprint density at radius 1 is 1.30 bits per heavy atom. The Hall–Kier alpha value is -3.41. The number of para-hydroxylation sites is 1. The zero-order valence-corrected chi connectivity index (χ0v) is 17.4. The van der Waals surface area contributed by atoms with Gasteiger partial charge in [0, 0.05) is 36.7 Å². The van der Waals surface area contributed by atoms with Crippen molar-refractivity contribution in [1.82, 2.24) is 9.88 Å². The zero-order valence-electron chi connectivity index (χ0n) is 17.4. The van der Waals surface area contributed by atoms with E-state index in [4.69, 9.17) is 4.42 Å². The average molecular weight is 403 g/mol. The number of furan rings is 1. The minimum Gasteiger partial charge on any atom is -0.459 e. The van der Waals surface area contributed by atoms with Crippen LogP contribution in [0.5, 0.6) is 0 Å². The van der Waals surface area contributed by atoms with Crippen LogP contribution < -0.4 is 5.32 Å². The molecule has 3 aromatic rings. The van der Waals surface area contributed by atoms with Crippen molar-refractivity contribution in [3.63, 3.8) is 0 Å². The van der Waals surface area contributed by atoms with Gasteiger partial charge < -0.3 is 14.6 Å². The Labute approximate surface area is 175 Å². The van der Waals surface area contributed by atoms with Gasteiger partial charge in [0.25, 0.3) is 0 Å². The first-order valence-electron chi connectivity index (χ1n) is 10.1. The van der Waals surface area contributed by atoms with Crippen molar-refractivity contribution in [3.8, 4) is 0 Å². The van der Waals surface area contributed by atoms with E-state index in [-0.39, 0.29) is 11.8 Å². The van der Waals surface area contributed by atoms with Crippen LogP contribution in [0.25, 0.3) is 17.0 Å². The maximum atomic E-state index is 12.7. The summed E-state index contributed by atoms with van der Waals surface area (Å²) in [6, 6.07) is 9.93. The topological polar surface area (TPSA) is 75.4 Å². The minimum atomic E-state index is -0.115. The Bertz CT molecular complexity index is 1140. The largest absolute Gasteiger partial charge is 0.459 e. The van der Waals surface area contributed by atoms with Gasteiger partial charge in [-0.15, -0.1) is 0 Å². The first-order valence-corrected chi connectivity index (χ1v) is 10.1. The van der Waals surface area contributed by atoms with E-state index in [1.165, 1.54) is 0 Å². The molecule has 4 rings (SSSR count). The number of fused-ring (bicyclic) bond motifs is 2. The van der Waals surface area contributed by atoms with Gasteiger partial charge in [-0.3, -0.25) is 9.59 Å². The third-order valence-electron chi connectivity index (χ3n) is 5.33. The van der Waals surface area contributed by atoms with Gasteiger partial charge in [0.1, 0.15) is 17.2 Å². The third-order valence-corrected chi connectivity index (χ3v) is 5.33. The molecule has 1 aromatic carbocycles. The van der Waals surface area contributed by atoms with E-state index in [0.717, 1.165) is 33.4 Å². The van der Waals surface area contributed by atoms with Gasteiger partial charge in [-0.05, 0) is 41.7 Å². The van der Waals surface area contributed by atoms with Crippen molar-refractivity contribution in [2.24, 2.45) is 0 Å². The van der Waals surface area contributed by atoms with Gasteiger partial charge in [-0.25, -0.2) is 4.98 Å². The molecule has 0 fully saturated rings. The van der Waals surface area contributed by atoms with Crippen LogP contribution in [-0.2, 0) is 22.6 Å². The number of aromatic nitrogens is 1. The normalized spacial score (nSPS) is 13.7. The van der Waals surface area contributed by atoms with Gasteiger partial charge >= 0.3 is 0 Å². The van der Waals surface area contributed by atoms with Crippen LogP contribution in [0.4, 0.5) is 5.82 Å². The summed E-state index contributed by atoms with van der Waals surface area (Å²) in [7, 11) is 1.77. The molecular formula is C24H25N3O3. The molecular weight excluding hydrogens is 378 g/mol. The number of hydrogen-bond acceptors (Lipinski definition) is 4. The number of nitrogens with one attached hydrogen (secondary N) is 1. The number of aryl methyl sites for hydroxylation is 1. The third kappa shape index (κ3) is 3.99. The lowest BCUT2D eigenvalue weighted by Gasteiger charge is -2.16. The van der Waals surface area contributed by atoms with E-state index in [0.29, 0.717) is 31.1 Å². The van der Waals surface area contributed by atoms with Crippen molar-refractivity contribution in [2.45, 2.75) is 39.2 Å². The maximum Gasteiger partial charge on any atom is 0.246 e. The van der Waals surface area contributed by atoms with Crippen molar-refractivity contribution < 1.29 is 14.0 Å². The molecule has 0 bridgehead atoms. The van der Waals surface area contributed by atoms with Crippen LogP contribution in [0, 0.1) is 0 Å². The van der Waals surface area contributed by atoms with E-state index in [1.807, 2.05) is 24.3 Å². The SMILES string of the molecule is CC(C)c1c(CN(C)C(=O)C=Cc2cnc3c(c2)CCC(=O)N3)oc2ccccc12. The molecule has 2 aromatic heterocycles. The number of amides is 2. The van der Waals surface area contributed by atoms with E-state index >= 15 is 0 Å². The zero-order chi connectivity index (χ0) is 21.3. The first kappa shape index (κ1) is 19.9. The molecule has 0 saturated carbocycles. The molecule has 0 saturated heterocycles. The standard InChI is InChI=1S/C24H25N3O3/c1-15(2)23-18-6-4-5-7-19(18)30-20(23)14-27(3)22(29)11-8-16-12-17-9-10-21(28)26-24(17)25-13-16/h4-8,11-13,15H,9-10,14H2,1-3H3,(H,25,26,28). The smallest absolute Gasteiger partial charge is 0.246 e. The number of hydrogen-bond donors (Lipinski definition) is 1. The fraction of sp³-hybridized carbons (Fsp3) is 0.292. The van der Waals surface area contributed by atoms with Crippen LogP contribution in [0.2, 0.25) is 0 Å². The molecule has 0 spiro atoms. The molecule has 0 unspecified atom stereocenters. The van der Waals surface area contributed by atoms with Crippen molar-refractivity contribution in [3.05, 3.63) is 65.1 Å².